The average molecular weight is 1030 g/mol. The van der Waals surface area contributed by atoms with E-state index in [0.29, 0.717) is 15.9 Å². The summed E-state index contributed by atoms with van der Waals surface area (Å²) >= 11 is 0. The van der Waals surface area contributed by atoms with Crippen molar-refractivity contribution in [2.75, 3.05) is 0 Å². The van der Waals surface area contributed by atoms with Crippen LogP contribution in [0.1, 0.15) is 171 Å². The maximum absolute atomic E-state index is 10.3. The summed E-state index contributed by atoms with van der Waals surface area (Å²) in [4.78, 5) is 4.71. The minimum atomic E-state index is -5.04. The largest absolute Gasteiger partial charge is 0.510 e. The Morgan fingerprint density at radius 2 is 1.39 bits per heavy atom. The molecule has 3 aromatic heterocycles. The average Bonchev–Trinajstić information content (AvgIpc) is 0.654. The van der Waals surface area contributed by atoms with Gasteiger partial charge in [-0.25, -0.2) is 4.98 Å². The number of benzene rings is 5. The van der Waals surface area contributed by atoms with E-state index in [-0.39, 0.29) is 49.2 Å². The van der Waals surface area contributed by atoms with Crippen LogP contribution in [0, 0.1) is 18.5 Å². The second-order valence-electron chi connectivity index (χ2n) is 16.5. The zero-order valence-electron chi connectivity index (χ0n) is 64.5. The number of para-hydroxylation sites is 3. The fourth-order valence-electron chi connectivity index (χ4n) is 8.13. The molecule has 320 valence electrons. The summed E-state index contributed by atoms with van der Waals surface area (Å²) in [6.07, 6.45) is -15.2. The number of hydrogen-bond donors (Lipinski definition) is 0. The molecule has 8 aromatic rings. The third-order valence-electron chi connectivity index (χ3n) is 11.1. The van der Waals surface area contributed by atoms with Crippen LogP contribution < -0.4 is 9.30 Å². The number of ether oxygens (including phenoxy) is 1. The number of fused-ring (bicyclic) bond motifs is 6. The zero-order chi connectivity index (χ0) is 69.1. The van der Waals surface area contributed by atoms with Crippen LogP contribution in [-0.4, -0.2) is 14.1 Å². The van der Waals surface area contributed by atoms with E-state index in [1.807, 2.05) is 61.7 Å². The van der Waals surface area contributed by atoms with Gasteiger partial charge in [-0.05, 0) is 110 Å². The summed E-state index contributed by atoms with van der Waals surface area (Å²) in [5, 5.41) is 1.59. The Morgan fingerprint density at radius 1 is 0.726 bits per heavy atom. The van der Waals surface area contributed by atoms with E-state index >= 15 is 0 Å². The third kappa shape index (κ3) is 6.76. The van der Waals surface area contributed by atoms with E-state index in [4.69, 9.17) is 23.4 Å². The molecule has 0 N–H and O–H groups in total. The van der Waals surface area contributed by atoms with Crippen LogP contribution in [-0.2, 0) is 48.1 Å². The first-order valence-corrected chi connectivity index (χ1v) is 19.3. The molecular formula is C56H58N4OPt-2. The maximum Gasteiger partial charge on any atom is 0.268 e. The molecule has 3 heterocycles. The van der Waals surface area contributed by atoms with Crippen molar-refractivity contribution in [3.05, 3.63) is 150 Å². The van der Waals surface area contributed by atoms with E-state index in [2.05, 4.69) is 18.5 Å². The van der Waals surface area contributed by atoms with Crippen molar-refractivity contribution < 1.29 is 72.9 Å². The molecule has 5 aromatic carbocycles. The number of nitrogens with zero attached hydrogens (tertiary/aromatic N) is 4. The van der Waals surface area contributed by atoms with Gasteiger partial charge in [0.05, 0.1) is 18.1 Å². The molecule has 2 aliphatic carbocycles. The maximum atomic E-state index is 10.3. The number of imidazole rings is 1. The summed E-state index contributed by atoms with van der Waals surface area (Å²) in [5.41, 5.74) is -28.3. The molecule has 0 fully saturated rings. The van der Waals surface area contributed by atoms with Gasteiger partial charge < -0.3 is 13.9 Å². The molecule has 1 unspecified atom stereocenters. The number of rotatable bonds is 5. The fraction of sp³-hybridized carbons (Fsp3) is 0.357. The van der Waals surface area contributed by atoms with E-state index in [0.717, 1.165) is 32.5 Å². The van der Waals surface area contributed by atoms with Crippen LogP contribution in [0.25, 0.3) is 50.0 Å². The molecule has 5 nitrogen and oxygen atoms in total. The molecule has 0 bridgehead atoms. The normalized spacial score (nSPS) is 31.0. The predicted octanol–water partition coefficient (Wildman–Crippen LogP) is 13.6. The second kappa shape index (κ2) is 14.5. The van der Waals surface area contributed by atoms with Gasteiger partial charge in [0, 0.05) is 85.4 Å². The summed E-state index contributed by atoms with van der Waals surface area (Å²) in [6, 6.07) is 27.9. The first-order valence-electron chi connectivity index (χ1n) is 35.0. The SMILES string of the molecule is [2H]CC1(C([2H])([2H])[2H])c2c([2H])c3c(c(-[n+]4[c-]n(-c5[c-]c(Oc6[c-]c7c(cc6)c6ccccc6n7-c6cc(C(C)(C)C)ccn6)ccc5)c5ccccc54)c2C(C([2H])([2H])[2H])(C([2H])([2H])[2H])C([2H])([2H])C1([2H])[2H])C(C([2H])([2H])[2H])(C([2H])([2H])[2H])C([2H])([2H])C([2H])([2H])C3(C([2H])([2H])[2H])C([2H])([2H])[2H].[Pt]. The van der Waals surface area contributed by atoms with Gasteiger partial charge in [0.2, 0.25) is 0 Å². The number of aromatic nitrogens is 4. The minimum Gasteiger partial charge on any atom is -0.510 e. The van der Waals surface area contributed by atoms with Crippen molar-refractivity contribution in [1.82, 2.24) is 14.1 Å². The standard InChI is InChI=1S/C56H58N4O.Pt/c1-52(2,3)36-25-30-57-48(31-36)60-44-20-13-12-19-40(44)41-24-23-39(33-47(41)60)61-38-18-16-17-37(32-38)58-35-59(46-22-15-14-21-45(46)58)51-49-42(53(4,5)26-28-55(49,8)9)34-43-50(51)56(10,11)29-27-54(43,6)7;/h12-25,30-31,34H,26-29H2,1-11H3;/q-2;/i4D,5D3,6D3,7D3,8D3,9D3,10D3,11D3,26D2,27D2,28D2,29D2,34D;. The number of pyridine rings is 1. The minimum absolute atomic E-state index is 0. The van der Waals surface area contributed by atoms with E-state index in [9.17, 15) is 28.8 Å². The fourth-order valence-corrected chi connectivity index (χ4v) is 8.13. The van der Waals surface area contributed by atoms with Crippen molar-refractivity contribution in [3.63, 3.8) is 0 Å². The van der Waals surface area contributed by atoms with Crippen LogP contribution in [0.4, 0.5) is 0 Å². The molecular weight excluding hydrogens is 940 g/mol. The van der Waals surface area contributed by atoms with Crippen LogP contribution in [0.5, 0.6) is 11.5 Å². The predicted molar refractivity (Wildman–Crippen MR) is 249 cm³/mol. The molecule has 0 amide bonds. The first-order chi connectivity index (χ1) is 41.7. The van der Waals surface area contributed by atoms with Crippen LogP contribution in [0.2, 0.25) is 0 Å². The van der Waals surface area contributed by atoms with Crippen molar-refractivity contribution in [3.8, 4) is 28.7 Å². The molecule has 0 aliphatic heterocycles. The zero-order valence-corrected chi connectivity index (χ0v) is 35.7. The quantitative estimate of drug-likeness (QED) is 0.127. The smallest absolute Gasteiger partial charge is 0.268 e. The van der Waals surface area contributed by atoms with Crippen LogP contribution in [0.3, 0.4) is 0 Å². The summed E-state index contributed by atoms with van der Waals surface area (Å²) in [6.45, 7) is -28.8. The number of hydrogen-bond acceptors (Lipinski definition) is 2. The molecule has 2 aliphatic rings. The Hall–Kier alpha value is -4.99. The van der Waals surface area contributed by atoms with E-state index < -0.39 is 142 Å². The second-order valence-corrected chi connectivity index (χ2v) is 16.5. The van der Waals surface area contributed by atoms with Gasteiger partial charge >= 0.3 is 0 Å². The summed E-state index contributed by atoms with van der Waals surface area (Å²) in [5.74, 6) is 0.525. The molecule has 0 radical (unpaired) electrons. The summed E-state index contributed by atoms with van der Waals surface area (Å²) < 4.78 is 300. The first kappa shape index (κ1) is 19.4. The monoisotopic (exact) mass is 1030 g/mol. The third-order valence-corrected chi connectivity index (χ3v) is 11.1. The van der Waals surface area contributed by atoms with Crippen molar-refractivity contribution in [2.45, 2.75) is 128 Å². The Balaban J connectivity index is 0.0000102. The van der Waals surface area contributed by atoms with Gasteiger partial charge in [-0.15, -0.1) is 29.7 Å². The Morgan fingerprint density at radius 3 is 2.11 bits per heavy atom. The molecule has 10 rings (SSSR count). The molecule has 0 saturated carbocycles. The Bertz CT molecular complexity index is 4260. The Labute approximate surface area is 426 Å². The summed E-state index contributed by atoms with van der Waals surface area (Å²) in [7, 11) is 0. The van der Waals surface area contributed by atoms with Crippen molar-refractivity contribution >= 4 is 32.8 Å². The van der Waals surface area contributed by atoms with Gasteiger partial charge in [-0.1, -0.05) is 130 Å². The van der Waals surface area contributed by atoms with Gasteiger partial charge in [0.25, 0.3) is 6.33 Å². The van der Waals surface area contributed by atoms with E-state index in [1.54, 1.807) is 18.3 Å². The van der Waals surface area contributed by atoms with Crippen LogP contribution >= 0.6 is 0 Å². The van der Waals surface area contributed by atoms with Gasteiger partial charge in [0.15, 0.2) is 0 Å². The van der Waals surface area contributed by atoms with Gasteiger partial charge in [0.1, 0.15) is 5.82 Å². The van der Waals surface area contributed by atoms with Crippen molar-refractivity contribution in [2.24, 2.45) is 0 Å². The molecule has 0 saturated heterocycles. The van der Waals surface area contributed by atoms with Gasteiger partial charge in [-0.3, -0.25) is 4.57 Å². The Kier molecular flexibility index (Phi) is 4.55. The topological polar surface area (TPSA) is 35.9 Å². The van der Waals surface area contributed by atoms with E-state index in [1.165, 1.54) is 36.4 Å². The van der Waals surface area contributed by atoms with Crippen molar-refractivity contribution in [1.29, 1.82) is 0 Å². The molecule has 6 heteroatoms. The molecule has 62 heavy (non-hydrogen) atoms. The van der Waals surface area contributed by atoms with Crippen LogP contribution in [0.15, 0.2) is 103 Å². The molecule has 0 spiro atoms. The molecule has 1 atom stereocenters. The van der Waals surface area contributed by atoms with Gasteiger partial charge in [-0.2, -0.15) is 18.2 Å².